The summed E-state index contributed by atoms with van der Waals surface area (Å²) in [5, 5.41) is 2.95. The summed E-state index contributed by atoms with van der Waals surface area (Å²) >= 11 is 0. The summed E-state index contributed by atoms with van der Waals surface area (Å²) in [4.78, 5) is 27.3. The lowest BCUT2D eigenvalue weighted by atomic mass is 10.2. The summed E-state index contributed by atoms with van der Waals surface area (Å²) in [6.45, 7) is 6.85. The van der Waals surface area contributed by atoms with Crippen LogP contribution < -0.4 is 10.2 Å². The SMILES string of the molecule is CCCCC(=O)Nc1cccc(N2CCN(C(C)=O)CC2)c1. The van der Waals surface area contributed by atoms with Gasteiger partial charge in [-0.2, -0.15) is 0 Å². The Morgan fingerprint density at radius 3 is 2.55 bits per heavy atom. The Hall–Kier alpha value is -2.04. The van der Waals surface area contributed by atoms with Crippen molar-refractivity contribution in [2.24, 2.45) is 0 Å². The first kappa shape index (κ1) is 16.3. The van der Waals surface area contributed by atoms with E-state index in [4.69, 9.17) is 0 Å². The normalized spacial score (nSPS) is 14.8. The standard InChI is InChI=1S/C17H25N3O2/c1-3-4-8-17(22)18-15-6-5-7-16(13-15)20-11-9-19(10-12-20)14(2)21/h5-7,13H,3-4,8-12H2,1-2H3,(H,18,22). The first-order valence-corrected chi connectivity index (χ1v) is 8.00. The first-order valence-electron chi connectivity index (χ1n) is 8.00. The number of hydrogen-bond donors (Lipinski definition) is 1. The fourth-order valence-electron chi connectivity index (χ4n) is 2.62. The smallest absolute Gasteiger partial charge is 0.224 e. The van der Waals surface area contributed by atoms with Crippen molar-refractivity contribution in [1.82, 2.24) is 4.90 Å². The van der Waals surface area contributed by atoms with Crippen LogP contribution in [0.1, 0.15) is 33.1 Å². The van der Waals surface area contributed by atoms with Gasteiger partial charge in [-0.25, -0.2) is 0 Å². The second kappa shape index (κ2) is 7.82. The van der Waals surface area contributed by atoms with Crippen LogP contribution in [0.4, 0.5) is 11.4 Å². The Morgan fingerprint density at radius 2 is 1.91 bits per heavy atom. The molecule has 0 atom stereocenters. The van der Waals surface area contributed by atoms with Gasteiger partial charge in [-0.15, -0.1) is 0 Å². The number of hydrogen-bond acceptors (Lipinski definition) is 3. The number of carbonyl (C=O) groups excluding carboxylic acids is 2. The number of nitrogens with one attached hydrogen (secondary N) is 1. The van der Waals surface area contributed by atoms with Crippen LogP contribution in [0, 0.1) is 0 Å². The van der Waals surface area contributed by atoms with Crippen molar-refractivity contribution >= 4 is 23.2 Å². The van der Waals surface area contributed by atoms with Crippen molar-refractivity contribution in [3.63, 3.8) is 0 Å². The molecule has 0 spiro atoms. The summed E-state index contributed by atoms with van der Waals surface area (Å²) < 4.78 is 0. The molecule has 0 bridgehead atoms. The van der Waals surface area contributed by atoms with Gasteiger partial charge in [0.25, 0.3) is 0 Å². The Balaban J connectivity index is 1.94. The molecule has 0 saturated carbocycles. The highest BCUT2D eigenvalue weighted by atomic mass is 16.2. The van der Waals surface area contributed by atoms with Crippen LogP contribution in [0.25, 0.3) is 0 Å². The molecule has 0 aliphatic carbocycles. The third kappa shape index (κ3) is 4.48. The van der Waals surface area contributed by atoms with Crippen LogP contribution in [-0.2, 0) is 9.59 Å². The van der Waals surface area contributed by atoms with E-state index in [1.54, 1.807) is 6.92 Å². The molecule has 2 amide bonds. The third-order valence-electron chi connectivity index (χ3n) is 3.98. The van der Waals surface area contributed by atoms with Gasteiger partial charge in [-0.1, -0.05) is 19.4 Å². The largest absolute Gasteiger partial charge is 0.368 e. The lowest BCUT2D eigenvalue weighted by Crippen LogP contribution is -2.48. The van der Waals surface area contributed by atoms with Gasteiger partial charge in [0.05, 0.1) is 0 Å². The minimum absolute atomic E-state index is 0.0698. The monoisotopic (exact) mass is 303 g/mol. The van der Waals surface area contributed by atoms with Crippen LogP contribution >= 0.6 is 0 Å². The Bertz CT molecular complexity index is 522. The van der Waals surface area contributed by atoms with Crippen LogP contribution in [-0.4, -0.2) is 42.9 Å². The van der Waals surface area contributed by atoms with Gasteiger partial charge in [0, 0.05) is 50.9 Å². The number of nitrogens with zero attached hydrogens (tertiary/aromatic N) is 2. The molecular weight excluding hydrogens is 278 g/mol. The Kier molecular flexibility index (Phi) is 5.81. The van der Waals surface area contributed by atoms with Gasteiger partial charge < -0.3 is 15.1 Å². The zero-order chi connectivity index (χ0) is 15.9. The number of amides is 2. The average molecular weight is 303 g/mol. The van der Waals surface area contributed by atoms with Gasteiger partial charge in [-0.05, 0) is 24.6 Å². The van der Waals surface area contributed by atoms with Gasteiger partial charge in [0.1, 0.15) is 0 Å². The number of anilines is 2. The number of rotatable bonds is 5. The molecule has 22 heavy (non-hydrogen) atoms. The summed E-state index contributed by atoms with van der Waals surface area (Å²) in [5.41, 5.74) is 1.93. The van der Waals surface area contributed by atoms with Crippen molar-refractivity contribution in [1.29, 1.82) is 0 Å². The molecule has 1 saturated heterocycles. The van der Waals surface area contributed by atoms with Gasteiger partial charge in [-0.3, -0.25) is 9.59 Å². The molecule has 1 N–H and O–H groups in total. The maximum absolute atomic E-state index is 11.8. The van der Waals surface area contributed by atoms with Crippen molar-refractivity contribution < 1.29 is 9.59 Å². The van der Waals surface area contributed by atoms with Crippen molar-refractivity contribution in [2.75, 3.05) is 36.4 Å². The highest BCUT2D eigenvalue weighted by Gasteiger charge is 2.18. The number of piperazine rings is 1. The Morgan fingerprint density at radius 1 is 1.18 bits per heavy atom. The summed E-state index contributed by atoms with van der Waals surface area (Å²) in [6, 6.07) is 7.93. The van der Waals surface area contributed by atoms with E-state index in [1.807, 2.05) is 29.2 Å². The Labute approximate surface area is 132 Å². The molecule has 1 aliphatic heterocycles. The minimum Gasteiger partial charge on any atom is -0.368 e. The van der Waals surface area contributed by atoms with E-state index < -0.39 is 0 Å². The second-order valence-corrected chi connectivity index (χ2v) is 5.70. The molecule has 1 heterocycles. The van der Waals surface area contributed by atoms with E-state index in [2.05, 4.69) is 17.1 Å². The molecule has 0 aromatic heterocycles. The molecular formula is C17H25N3O2. The van der Waals surface area contributed by atoms with Gasteiger partial charge in [0.2, 0.25) is 11.8 Å². The van der Waals surface area contributed by atoms with E-state index in [1.165, 1.54) is 0 Å². The summed E-state index contributed by atoms with van der Waals surface area (Å²) in [6.07, 6.45) is 2.50. The van der Waals surface area contributed by atoms with E-state index in [-0.39, 0.29) is 11.8 Å². The molecule has 0 radical (unpaired) electrons. The van der Waals surface area contributed by atoms with E-state index in [0.29, 0.717) is 6.42 Å². The van der Waals surface area contributed by atoms with E-state index >= 15 is 0 Å². The fourth-order valence-corrected chi connectivity index (χ4v) is 2.62. The molecule has 1 aromatic carbocycles. The quantitative estimate of drug-likeness (QED) is 0.909. The van der Waals surface area contributed by atoms with Gasteiger partial charge in [0.15, 0.2) is 0 Å². The maximum Gasteiger partial charge on any atom is 0.224 e. The van der Waals surface area contributed by atoms with Crippen molar-refractivity contribution in [2.45, 2.75) is 33.1 Å². The van der Waals surface area contributed by atoms with Crippen molar-refractivity contribution in [3.05, 3.63) is 24.3 Å². The molecule has 5 nitrogen and oxygen atoms in total. The molecule has 1 aliphatic rings. The third-order valence-corrected chi connectivity index (χ3v) is 3.98. The van der Waals surface area contributed by atoms with Crippen LogP contribution in [0.2, 0.25) is 0 Å². The molecule has 120 valence electrons. The maximum atomic E-state index is 11.8. The van der Waals surface area contributed by atoms with Gasteiger partial charge >= 0.3 is 0 Å². The lowest BCUT2D eigenvalue weighted by Gasteiger charge is -2.35. The fraction of sp³-hybridized carbons (Fsp3) is 0.529. The molecule has 2 rings (SSSR count). The predicted molar refractivity (Wildman–Crippen MR) is 89.1 cm³/mol. The van der Waals surface area contributed by atoms with E-state index in [0.717, 1.165) is 50.4 Å². The van der Waals surface area contributed by atoms with E-state index in [9.17, 15) is 9.59 Å². The summed E-state index contributed by atoms with van der Waals surface area (Å²) in [7, 11) is 0. The highest BCUT2D eigenvalue weighted by molar-refractivity contribution is 5.91. The number of unbranched alkanes of at least 4 members (excludes halogenated alkanes) is 1. The number of benzene rings is 1. The zero-order valence-electron chi connectivity index (χ0n) is 13.5. The van der Waals surface area contributed by atoms with Crippen LogP contribution in [0.15, 0.2) is 24.3 Å². The molecule has 5 heteroatoms. The molecule has 1 fully saturated rings. The van der Waals surface area contributed by atoms with Crippen LogP contribution in [0.3, 0.4) is 0 Å². The summed E-state index contributed by atoms with van der Waals surface area (Å²) in [5.74, 6) is 0.206. The predicted octanol–water partition coefficient (Wildman–Crippen LogP) is 2.48. The molecule has 0 unspecified atom stereocenters. The lowest BCUT2D eigenvalue weighted by molar-refractivity contribution is -0.129. The van der Waals surface area contributed by atoms with Crippen molar-refractivity contribution in [3.8, 4) is 0 Å². The zero-order valence-corrected chi connectivity index (χ0v) is 13.5. The number of carbonyl (C=O) groups is 2. The minimum atomic E-state index is 0.0698. The van der Waals surface area contributed by atoms with Crippen LogP contribution in [0.5, 0.6) is 0 Å². The second-order valence-electron chi connectivity index (χ2n) is 5.70. The highest BCUT2D eigenvalue weighted by Crippen LogP contribution is 2.21. The molecule has 1 aromatic rings. The topological polar surface area (TPSA) is 52.7 Å². The average Bonchev–Trinajstić information content (AvgIpc) is 2.53. The first-order chi connectivity index (χ1) is 10.6.